The maximum Gasteiger partial charge on any atom is 0.228 e. The van der Waals surface area contributed by atoms with Gasteiger partial charge in [0.05, 0.1) is 6.42 Å². The molecule has 0 aliphatic heterocycles. The normalized spacial score (nSPS) is 11.2. The molecule has 0 aromatic heterocycles. The first-order valence-corrected chi connectivity index (χ1v) is 7.48. The lowest BCUT2D eigenvalue weighted by molar-refractivity contribution is -0.115. The fraction of sp³-hybridized carbons (Fsp3) is 0.278. The van der Waals surface area contributed by atoms with Crippen LogP contribution < -0.4 is 5.32 Å². The van der Waals surface area contributed by atoms with Gasteiger partial charge in [0.1, 0.15) is 0 Å². The van der Waals surface area contributed by atoms with Crippen molar-refractivity contribution >= 4 is 24.2 Å². The maximum absolute atomic E-state index is 12.2. The second-order valence-corrected chi connectivity index (χ2v) is 6.70. The van der Waals surface area contributed by atoms with Crippen LogP contribution in [0.5, 0.6) is 0 Å². The lowest BCUT2D eigenvalue weighted by Gasteiger charge is -2.23. The summed E-state index contributed by atoms with van der Waals surface area (Å²) in [6, 6.07) is 15.6. The second kappa shape index (κ2) is 6.35. The number of hydrogen-bond donors (Lipinski definition) is 2. The fourth-order valence-electron chi connectivity index (χ4n) is 2.24. The van der Waals surface area contributed by atoms with Crippen molar-refractivity contribution in [3.63, 3.8) is 0 Å². The lowest BCUT2D eigenvalue weighted by Crippen LogP contribution is -2.19. The minimum atomic E-state index is -0.00243. The fourth-order valence-corrected chi connectivity index (χ4v) is 2.39. The van der Waals surface area contributed by atoms with E-state index in [4.69, 9.17) is 0 Å². The zero-order valence-electron chi connectivity index (χ0n) is 12.7. The standard InChI is InChI=1S/C18H21NOS/c1-18(2,3)15-6-4-5-7-16(15)19-17(20)12-13-8-10-14(21)11-9-13/h4-11,21H,12H2,1-3H3,(H,19,20). The van der Waals surface area contributed by atoms with Crippen molar-refractivity contribution in [3.05, 3.63) is 59.7 Å². The molecular weight excluding hydrogens is 278 g/mol. The quantitative estimate of drug-likeness (QED) is 0.805. The summed E-state index contributed by atoms with van der Waals surface area (Å²) in [5.74, 6) is -0.00128. The molecule has 1 N–H and O–H groups in total. The molecule has 2 aromatic carbocycles. The number of hydrogen-bond acceptors (Lipinski definition) is 2. The van der Waals surface area contributed by atoms with E-state index in [2.05, 4.69) is 44.8 Å². The van der Waals surface area contributed by atoms with E-state index in [9.17, 15) is 4.79 Å². The summed E-state index contributed by atoms with van der Waals surface area (Å²) < 4.78 is 0. The smallest absolute Gasteiger partial charge is 0.228 e. The van der Waals surface area contributed by atoms with Crippen molar-refractivity contribution in [3.8, 4) is 0 Å². The molecule has 0 unspecified atom stereocenters. The van der Waals surface area contributed by atoms with E-state index >= 15 is 0 Å². The van der Waals surface area contributed by atoms with Crippen LogP contribution in [-0.2, 0) is 16.6 Å². The minimum Gasteiger partial charge on any atom is -0.326 e. The Morgan fingerprint density at radius 2 is 1.67 bits per heavy atom. The zero-order chi connectivity index (χ0) is 15.5. The topological polar surface area (TPSA) is 29.1 Å². The predicted octanol–water partition coefficient (Wildman–Crippen LogP) is 4.45. The van der Waals surface area contributed by atoms with Gasteiger partial charge >= 0.3 is 0 Å². The van der Waals surface area contributed by atoms with Crippen molar-refractivity contribution in [2.24, 2.45) is 0 Å². The molecule has 2 aromatic rings. The molecule has 0 aliphatic carbocycles. The third-order valence-corrected chi connectivity index (χ3v) is 3.61. The Bertz CT molecular complexity index is 626. The van der Waals surface area contributed by atoms with E-state index in [1.807, 2.05) is 42.5 Å². The Labute approximate surface area is 132 Å². The molecule has 110 valence electrons. The molecule has 0 radical (unpaired) electrons. The van der Waals surface area contributed by atoms with Gasteiger partial charge in [-0.3, -0.25) is 4.79 Å². The molecule has 0 fully saturated rings. The van der Waals surface area contributed by atoms with Crippen molar-refractivity contribution < 1.29 is 4.79 Å². The van der Waals surface area contributed by atoms with Crippen LogP contribution in [0.3, 0.4) is 0 Å². The van der Waals surface area contributed by atoms with E-state index < -0.39 is 0 Å². The summed E-state index contributed by atoms with van der Waals surface area (Å²) >= 11 is 4.25. The summed E-state index contributed by atoms with van der Waals surface area (Å²) in [6.45, 7) is 6.43. The van der Waals surface area contributed by atoms with Crippen LogP contribution in [0.2, 0.25) is 0 Å². The summed E-state index contributed by atoms with van der Waals surface area (Å²) in [5.41, 5.74) is 3.01. The van der Waals surface area contributed by atoms with Crippen molar-refractivity contribution in [1.29, 1.82) is 0 Å². The number of para-hydroxylation sites is 1. The minimum absolute atomic E-state index is 0.00128. The summed E-state index contributed by atoms with van der Waals surface area (Å²) in [5, 5.41) is 3.02. The van der Waals surface area contributed by atoms with Gasteiger partial charge in [-0.1, -0.05) is 51.1 Å². The number of benzene rings is 2. The number of rotatable bonds is 3. The van der Waals surface area contributed by atoms with Crippen LogP contribution in [0.25, 0.3) is 0 Å². The van der Waals surface area contributed by atoms with E-state index in [1.54, 1.807) is 0 Å². The van der Waals surface area contributed by atoms with E-state index in [1.165, 1.54) is 0 Å². The summed E-state index contributed by atoms with van der Waals surface area (Å²) in [4.78, 5) is 13.1. The van der Waals surface area contributed by atoms with Gasteiger partial charge in [-0.25, -0.2) is 0 Å². The first kappa shape index (κ1) is 15.6. The molecule has 2 nitrogen and oxygen atoms in total. The number of amides is 1. The van der Waals surface area contributed by atoms with Gasteiger partial charge in [-0.05, 0) is 34.7 Å². The van der Waals surface area contributed by atoms with Gasteiger partial charge in [-0.15, -0.1) is 12.6 Å². The monoisotopic (exact) mass is 299 g/mol. The van der Waals surface area contributed by atoms with Crippen LogP contribution in [0.4, 0.5) is 5.69 Å². The van der Waals surface area contributed by atoms with Gasteiger partial charge < -0.3 is 5.32 Å². The van der Waals surface area contributed by atoms with Crippen LogP contribution in [0, 0.1) is 0 Å². The van der Waals surface area contributed by atoms with Crippen LogP contribution in [0.1, 0.15) is 31.9 Å². The summed E-state index contributed by atoms with van der Waals surface area (Å²) in [7, 11) is 0. The molecule has 0 aliphatic rings. The number of thiol groups is 1. The third-order valence-electron chi connectivity index (χ3n) is 3.31. The van der Waals surface area contributed by atoms with Gasteiger partial charge in [0.2, 0.25) is 5.91 Å². The SMILES string of the molecule is CC(C)(C)c1ccccc1NC(=O)Cc1ccc(S)cc1. The van der Waals surface area contributed by atoms with Gasteiger partial charge in [0.15, 0.2) is 0 Å². The highest BCUT2D eigenvalue weighted by Gasteiger charge is 2.18. The maximum atomic E-state index is 12.2. The number of carbonyl (C=O) groups excluding carboxylic acids is 1. The third kappa shape index (κ3) is 4.36. The first-order chi connectivity index (χ1) is 9.86. The Morgan fingerprint density at radius 1 is 1.05 bits per heavy atom. The number of anilines is 1. The number of carbonyl (C=O) groups is 1. The van der Waals surface area contributed by atoms with Crippen LogP contribution >= 0.6 is 12.6 Å². The highest BCUT2D eigenvalue weighted by Crippen LogP contribution is 2.29. The van der Waals surface area contributed by atoms with Gasteiger partial charge in [0.25, 0.3) is 0 Å². The summed E-state index contributed by atoms with van der Waals surface area (Å²) in [6.07, 6.45) is 0.368. The molecule has 0 saturated carbocycles. The molecule has 0 heterocycles. The van der Waals surface area contributed by atoms with Gasteiger partial charge in [-0.2, -0.15) is 0 Å². The Kier molecular flexibility index (Phi) is 4.73. The molecule has 0 saturated heterocycles. The van der Waals surface area contributed by atoms with Crippen LogP contribution in [0.15, 0.2) is 53.4 Å². The molecule has 21 heavy (non-hydrogen) atoms. The Hall–Kier alpha value is -1.74. The van der Waals surface area contributed by atoms with Gasteiger partial charge in [0, 0.05) is 10.6 Å². The highest BCUT2D eigenvalue weighted by molar-refractivity contribution is 7.80. The molecule has 1 amide bonds. The van der Waals surface area contributed by atoms with E-state index in [0.717, 1.165) is 21.7 Å². The average Bonchev–Trinajstić information content (AvgIpc) is 2.41. The molecule has 3 heteroatoms. The predicted molar refractivity (Wildman–Crippen MR) is 91.2 cm³/mol. The Morgan fingerprint density at radius 3 is 2.29 bits per heavy atom. The van der Waals surface area contributed by atoms with E-state index in [0.29, 0.717) is 6.42 Å². The molecular formula is C18H21NOS. The zero-order valence-corrected chi connectivity index (χ0v) is 13.6. The highest BCUT2D eigenvalue weighted by atomic mass is 32.1. The van der Waals surface area contributed by atoms with Crippen molar-refractivity contribution in [2.75, 3.05) is 5.32 Å². The Balaban J connectivity index is 2.11. The number of nitrogens with one attached hydrogen (secondary N) is 1. The largest absolute Gasteiger partial charge is 0.326 e. The molecule has 2 rings (SSSR count). The second-order valence-electron chi connectivity index (χ2n) is 6.19. The van der Waals surface area contributed by atoms with Crippen LogP contribution in [-0.4, -0.2) is 5.91 Å². The van der Waals surface area contributed by atoms with Crippen molar-refractivity contribution in [1.82, 2.24) is 0 Å². The molecule has 0 bridgehead atoms. The molecule has 0 atom stereocenters. The first-order valence-electron chi connectivity index (χ1n) is 7.03. The van der Waals surface area contributed by atoms with E-state index in [-0.39, 0.29) is 11.3 Å². The average molecular weight is 299 g/mol. The molecule has 0 spiro atoms. The lowest BCUT2D eigenvalue weighted by atomic mass is 9.86. The van der Waals surface area contributed by atoms with Crippen molar-refractivity contribution in [2.45, 2.75) is 37.5 Å².